The maximum atomic E-state index is 14.6. The molecule has 3 fully saturated rings. The van der Waals surface area contributed by atoms with Crippen LogP contribution in [0.3, 0.4) is 0 Å². The minimum atomic E-state index is -1.29. The molecule has 0 bridgehead atoms. The standard InChI is InChI=1S/C38H44N10O6S/c1-47-36(44-45-46-47)42-35(51)38-21-23(38)12-5-3-2-4-6-17-28(41-37(52)54-24-13-7-8-14-24)34(50)48-22-25(20-29(48)32(49)43-38)53-33-31(30-18-11-19-55-30)39-26-15-9-10-16-27(26)40-33/h5,9-12,15-16,18-19,23-25,28-29H,2-4,6-8,13-14,17,20-22H2,1H3,(H,41,52)(H,43,49)(H,42,44,46,51)/b12-5-/t23?,25-,28+,29+,38-/m1/s1. The van der Waals surface area contributed by atoms with Gasteiger partial charge in [0.25, 0.3) is 5.91 Å². The summed E-state index contributed by atoms with van der Waals surface area (Å²) in [5.74, 6) is -1.23. The number of ether oxygens (including phenoxy) is 2. The van der Waals surface area contributed by atoms with Crippen LogP contribution in [0.1, 0.15) is 70.6 Å². The van der Waals surface area contributed by atoms with Crippen LogP contribution in [-0.4, -0.2) is 95.3 Å². The number of alkyl carbamates (subject to hydrolysis) is 1. The number of tetrazole rings is 1. The number of fused-ring (bicyclic) bond motifs is 3. The van der Waals surface area contributed by atoms with E-state index in [1.54, 1.807) is 7.05 Å². The molecule has 4 amide bonds. The number of nitrogens with one attached hydrogen (secondary N) is 3. The largest absolute Gasteiger partial charge is 0.471 e. The normalized spacial score (nSPS) is 26.6. The van der Waals surface area contributed by atoms with E-state index in [1.165, 1.54) is 20.9 Å². The maximum Gasteiger partial charge on any atom is 0.408 e. The number of benzene rings is 1. The highest BCUT2D eigenvalue weighted by atomic mass is 32.1. The van der Waals surface area contributed by atoms with Crippen LogP contribution in [0.4, 0.5) is 10.7 Å². The van der Waals surface area contributed by atoms with Crippen molar-refractivity contribution in [1.82, 2.24) is 45.7 Å². The van der Waals surface area contributed by atoms with Gasteiger partial charge in [0.15, 0.2) is 0 Å². The van der Waals surface area contributed by atoms with E-state index < -0.39 is 47.5 Å². The molecule has 1 saturated heterocycles. The molecule has 55 heavy (non-hydrogen) atoms. The van der Waals surface area contributed by atoms with Crippen molar-refractivity contribution in [2.24, 2.45) is 13.0 Å². The Bertz CT molecular complexity index is 2080. The first-order chi connectivity index (χ1) is 26.8. The molecule has 288 valence electrons. The number of anilines is 1. The van der Waals surface area contributed by atoms with Crippen LogP contribution in [0.25, 0.3) is 21.6 Å². The molecule has 5 atom stereocenters. The van der Waals surface area contributed by atoms with E-state index in [-0.39, 0.29) is 36.8 Å². The molecular weight excluding hydrogens is 725 g/mol. The van der Waals surface area contributed by atoms with Gasteiger partial charge in [-0.2, -0.15) is 0 Å². The molecule has 4 aliphatic rings. The molecule has 3 aromatic heterocycles. The van der Waals surface area contributed by atoms with Gasteiger partial charge in [-0.15, -0.1) is 11.3 Å². The molecule has 2 aliphatic heterocycles. The highest BCUT2D eigenvalue weighted by molar-refractivity contribution is 7.13. The van der Waals surface area contributed by atoms with Crippen molar-refractivity contribution in [3.8, 4) is 16.5 Å². The molecule has 2 saturated carbocycles. The first-order valence-corrected chi connectivity index (χ1v) is 19.9. The molecule has 0 spiro atoms. The summed E-state index contributed by atoms with van der Waals surface area (Å²) in [7, 11) is 1.60. The van der Waals surface area contributed by atoms with E-state index in [0.717, 1.165) is 49.8 Å². The zero-order valence-corrected chi connectivity index (χ0v) is 31.4. The van der Waals surface area contributed by atoms with Crippen molar-refractivity contribution in [3.63, 3.8) is 0 Å². The van der Waals surface area contributed by atoms with Gasteiger partial charge in [0.2, 0.25) is 23.6 Å². The first-order valence-electron chi connectivity index (χ1n) is 19.0. The molecule has 5 heterocycles. The van der Waals surface area contributed by atoms with E-state index in [1.807, 2.05) is 53.9 Å². The van der Waals surface area contributed by atoms with E-state index in [2.05, 4.69) is 31.5 Å². The molecule has 17 heteroatoms. The first kappa shape index (κ1) is 36.5. The van der Waals surface area contributed by atoms with Gasteiger partial charge in [-0.05, 0) is 85.4 Å². The van der Waals surface area contributed by atoms with Crippen LogP contribution in [0, 0.1) is 5.92 Å². The van der Waals surface area contributed by atoms with Crippen LogP contribution < -0.4 is 20.7 Å². The summed E-state index contributed by atoms with van der Waals surface area (Å²) in [5.41, 5.74) is 0.624. The van der Waals surface area contributed by atoms with Crippen LogP contribution in [0.2, 0.25) is 0 Å². The molecule has 1 aromatic carbocycles. The lowest BCUT2D eigenvalue weighted by atomic mass is 10.0. The minimum Gasteiger partial charge on any atom is -0.471 e. The van der Waals surface area contributed by atoms with Gasteiger partial charge in [0, 0.05) is 19.4 Å². The highest BCUT2D eigenvalue weighted by Crippen LogP contribution is 2.46. The number of hydrogen-bond donors (Lipinski definition) is 3. The van der Waals surface area contributed by atoms with Gasteiger partial charge in [0.05, 0.1) is 22.5 Å². The molecule has 8 rings (SSSR count). The zero-order valence-electron chi connectivity index (χ0n) is 30.6. The van der Waals surface area contributed by atoms with E-state index >= 15 is 0 Å². The Balaban J connectivity index is 1.10. The quantitative estimate of drug-likeness (QED) is 0.227. The van der Waals surface area contributed by atoms with Crippen molar-refractivity contribution in [3.05, 3.63) is 53.9 Å². The number of carbonyl (C=O) groups is 4. The second-order valence-corrected chi connectivity index (χ2v) is 15.7. The van der Waals surface area contributed by atoms with Gasteiger partial charge in [-0.1, -0.05) is 48.3 Å². The number of nitrogens with zero attached hydrogens (tertiary/aromatic N) is 7. The molecule has 1 unspecified atom stereocenters. The number of hydrogen-bond acceptors (Lipinski definition) is 12. The lowest BCUT2D eigenvalue weighted by molar-refractivity contribution is -0.141. The molecule has 3 N–H and O–H groups in total. The van der Waals surface area contributed by atoms with E-state index in [0.29, 0.717) is 36.0 Å². The predicted octanol–water partition coefficient (Wildman–Crippen LogP) is 4.30. The topological polar surface area (TPSA) is 195 Å². The minimum absolute atomic E-state index is 0.0400. The van der Waals surface area contributed by atoms with Crippen molar-refractivity contribution in [2.45, 2.75) is 100 Å². The molecule has 4 aromatic rings. The summed E-state index contributed by atoms with van der Waals surface area (Å²) < 4.78 is 13.6. The SMILES string of the molecule is Cn1nnnc1NC(=O)[C@@]12CC1/C=C\CCCCC[C@H](NC(=O)OC1CCCC1)C(=O)N1C[C@H](Oc3nc4ccccc4nc3-c3cccs3)C[C@H]1C(=O)N2. The summed E-state index contributed by atoms with van der Waals surface area (Å²) in [5, 5.41) is 21.9. The van der Waals surface area contributed by atoms with Gasteiger partial charge in [0.1, 0.15) is 35.5 Å². The average Bonchev–Trinajstić information content (AvgIpc) is 3.81. The third kappa shape index (κ3) is 7.88. The molecule has 16 nitrogen and oxygen atoms in total. The Morgan fingerprint density at radius 3 is 2.55 bits per heavy atom. The maximum absolute atomic E-state index is 14.6. The van der Waals surface area contributed by atoms with Crippen molar-refractivity contribution in [2.75, 3.05) is 11.9 Å². The van der Waals surface area contributed by atoms with Crippen LogP contribution in [-0.2, 0) is 26.2 Å². The van der Waals surface area contributed by atoms with E-state index in [9.17, 15) is 19.2 Å². The Labute approximate surface area is 321 Å². The zero-order chi connectivity index (χ0) is 37.9. The third-order valence-electron chi connectivity index (χ3n) is 10.9. The Kier molecular flexibility index (Phi) is 10.4. The Morgan fingerprint density at radius 1 is 0.982 bits per heavy atom. The second kappa shape index (κ2) is 15.7. The van der Waals surface area contributed by atoms with Crippen molar-refractivity contribution in [1.29, 1.82) is 0 Å². The summed E-state index contributed by atoms with van der Waals surface area (Å²) >= 11 is 1.50. The van der Waals surface area contributed by atoms with E-state index in [4.69, 9.17) is 19.4 Å². The number of thiophene rings is 1. The highest BCUT2D eigenvalue weighted by Gasteiger charge is 2.61. The Morgan fingerprint density at radius 2 is 1.78 bits per heavy atom. The number of aromatic nitrogens is 6. The number of aryl methyl sites for hydroxylation is 1. The average molecular weight is 769 g/mol. The van der Waals surface area contributed by atoms with Gasteiger partial charge < -0.3 is 25.0 Å². The summed E-state index contributed by atoms with van der Waals surface area (Å²) in [6, 6.07) is 9.42. The smallest absolute Gasteiger partial charge is 0.408 e. The monoisotopic (exact) mass is 768 g/mol. The number of para-hydroxylation sites is 2. The molecule has 2 aliphatic carbocycles. The number of allylic oxidation sites excluding steroid dienone is 1. The van der Waals surface area contributed by atoms with Crippen molar-refractivity contribution < 1.29 is 28.7 Å². The predicted molar refractivity (Wildman–Crippen MR) is 202 cm³/mol. The van der Waals surface area contributed by atoms with Crippen molar-refractivity contribution >= 4 is 52.1 Å². The Hall–Kier alpha value is -5.45. The fourth-order valence-electron chi connectivity index (χ4n) is 7.85. The van der Waals surface area contributed by atoms with Crippen LogP contribution in [0.5, 0.6) is 5.88 Å². The molecule has 0 radical (unpaired) electrons. The number of carbonyl (C=O) groups excluding carboxylic acids is 4. The van der Waals surface area contributed by atoms with Gasteiger partial charge in [-0.3, -0.25) is 19.7 Å². The number of rotatable bonds is 7. The van der Waals surface area contributed by atoms with Crippen LogP contribution >= 0.6 is 11.3 Å². The summed E-state index contributed by atoms with van der Waals surface area (Å²) in [6.45, 7) is 0.0400. The fourth-order valence-corrected chi connectivity index (χ4v) is 8.55. The fraction of sp³-hybridized carbons (Fsp3) is 0.500. The summed E-state index contributed by atoms with van der Waals surface area (Å²) in [4.78, 5) is 68.3. The van der Waals surface area contributed by atoms with Gasteiger partial charge in [-0.25, -0.2) is 19.4 Å². The van der Waals surface area contributed by atoms with Crippen LogP contribution in [0.15, 0.2) is 53.9 Å². The molecular formula is C38H44N10O6S. The lowest BCUT2D eigenvalue weighted by Crippen LogP contribution is -2.57. The number of amides is 4. The van der Waals surface area contributed by atoms with Gasteiger partial charge >= 0.3 is 6.09 Å². The lowest BCUT2D eigenvalue weighted by Gasteiger charge is -2.30. The third-order valence-corrected chi connectivity index (χ3v) is 11.8. The summed E-state index contributed by atoms with van der Waals surface area (Å²) in [6.07, 6.45) is 10.1. The second-order valence-electron chi connectivity index (χ2n) is 14.8.